The first kappa shape index (κ1) is 16.0. The molecule has 0 fully saturated rings. The molecule has 2 N–H and O–H groups in total. The number of ether oxygens (including phenoxy) is 1. The normalized spacial score (nSPS) is 14.5. The Hall–Kier alpha value is -1.06. The number of rotatable bonds is 6. The number of nitrogens with one attached hydrogen (secondary N) is 1. The molecule has 0 bridgehead atoms. The van der Waals surface area contributed by atoms with Crippen LogP contribution in [0.15, 0.2) is 12.1 Å². The summed E-state index contributed by atoms with van der Waals surface area (Å²) in [4.78, 5) is 0. The summed E-state index contributed by atoms with van der Waals surface area (Å²) in [5.74, 6) is 1.45. The van der Waals surface area contributed by atoms with Crippen LogP contribution in [0.4, 0.5) is 0 Å². The van der Waals surface area contributed by atoms with Crippen molar-refractivity contribution in [3.05, 3.63) is 28.8 Å². The van der Waals surface area contributed by atoms with Gasteiger partial charge < -0.3 is 15.2 Å². The summed E-state index contributed by atoms with van der Waals surface area (Å²) in [6.07, 6.45) is 0. The van der Waals surface area contributed by atoms with E-state index in [2.05, 4.69) is 19.2 Å². The van der Waals surface area contributed by atoms with Crippen molar-refractivity contribution in [2.75, 3.05) is 20.2 Å². The summed E-state index contributed by atoms with van der Waals surface area (Å²) in [6.45, 7) is 11.6. The number of hydrogen-bond acceptors (Lipinski definition) is 3. The molecule has 108 valence electrons. The lowest BCUT2D eigenvalue weighted by molar-refractivity contribution is 0.0557. The summed E-state index contributed by atoms with van der Waals surface area (Å²) in [5.41, 5.74) is 2.20. The van der Waals surface area contributed by atoms with Gasteiger partial charge in [-0.05, 0) is 62.1 Å². The summed E-state index contributed by atoms with van der Waals surface area (Å²) < 4.78 is 5.31. The van der Waals surface area contributed by atoms with Crippen LogP contribution in [0.5, 0.6) is 5.75 Å². The van der Waals surface area contributed by atoms with Crippen molar-refractivity contribution in [3.63, 3.8) is 0 Å². The molecule has 1 aromatic rings. The zero-order valence-electron chi connectivity index (χ0n) is 13.0. The van der Waals surface area contributed by atoms with Gasteiger partial charge in [-0.25, -0.2) is 0 Å². The van der Waals surface area contributed by atoms with Gasteiger partial charge in [0.05, 0.1) is 12.7 Å². The Labute approximate surface area is 117 Å². The molecule has 0 radical (unpaired) electrons. The molecule has 0 aliphatic carbocycles. The second kappa shape index (κ2) is 6.40. The maximum absolute atomic E-state index is 10.7. The molecule has 1 rings (SSSR count). The van der Waals surface area contributed by atoms with Gasteiger partial charge in [-0.2, -0.15) is 0 Å². The van der Waals surface area contributed by atoms with Crippen molar-refractivity contribution < 1.29 is 9.84 Å². The summed E-state index contributed by atoms with van der Waals surface area (Å²) >= 11 is 0. The highest BCUT2D eigenvalue weighted by molar-refractivity contribution is 5.43. The summed E-state index contributed by atoms with van der Waals surface area (Å²) in [7, 11) is 1.67. The number of aryl methyl sites for hydroxylation is 2. The zero-order chi connectivity index (χ0) is 14.6. The highest BCUT2D eigenvalue weighted by Gasteiger charge is 2.25. The smallest absolute Gasteiger partial charge is 0.122 e. The fourth-order valence-electron chi connectivity index (χ4n) is 2.29. The Kier molecular flexibility index (Phi) is 5.39. The molecule has 3 heteroatoms. The van der Waals surface area contributed by atoms with Gasteiger partial charge in [-0.1, -0.05) is 13.8 Å². The van der Waals surface area contributed by atoms with E-state index in [9.17, 15) is 5.11 Å². The first-order chi connectivity index (χ1) is 8.77. The summed E-state index contributed by atoms with van der Waals surface area (Å²) in [5, 5.41) is 14.0. The minimum atomic E-state index is -0.865. The first-order valence-electron chi connectivity index (χ1n) is 6.86. The quantitative estimate of drug-likeness (QED) is 0.831. The van der Waals surface area contributed by atoms with E-state index in [1.165, 1.54) is 0 Å². The van der Waals surface area contributed by atoms with Crippen LogP contribution in [-0.4, -0.2) is 25.3 Å². The van der Waals surface area contributed by atoms with Crippen molar-refractivity contribution in [2.24, 2.45) is 5.92 Å². The van der Waals surface area contributed by atoms with Crippen LogP contribution in [0, 0.1) is 19.8 Å². The Morgan fingerprint density at radius 2 is 1.89 bits per heavy atom. The molecule has 19 heavy (non-hydrogen) atoms. The average molecular weight is 265 g/mol. The fraction of sp³-hybridized carbons (Fsp3) is 0.625. The molecule has 3 nitrogen and oxygen atoms in total. The van der Waals surface area contributed by atoms with E-state index in [1.54, 1.807) is 7.11 Å². The minimum absolute atomic E-state index is 0.553. The third-order valence-electron chi connectivity index (χ3n) is 3.34. The van der Waals surface area contributed by atoms with Crippen molar-refractivity contribution in [2.45, 2.75) is 40.2 Å². The molecule has 0 saturated carbocycles. The number of hydrogen-bond donors (Lipinski definition) is 2. The molecular weight excluding hydrogens is 238 g/mol. The van der Waals surface area contributed by atoms with Gasteiger partial charge in [0.25, 0.3) is 0 Å². The van der Waals surface area contributed by atoms with Gasteiger partial charge in [0, 0.05) is 6.54 Å². The second-order valence-electron chi connectivity index (χ2n) is 5.94. The van der Waals surface area contributed by atoms with E-state index in [1.807, 2.05) is 32.9 Å². The lowest BCUT2D eigenvalue weighted by Gasteiger charge is -2.27. The molecule has 1 aromatic carbocycles. The maximum atomic E-state index is 10.7. The van der Waals surface area contributed by atoms with E-state index in [0.29, 0.717) is 12.5 Å². The van der Waals surface area contributed by atoms with Gasteiger partial charge in [-0.3, -0.25) is 0 Å². The monoisotopic (exact) mass is 265 g/mol. The van der Waals surface area contributed by atoms with Crippen LogP contribution < -0.4 is 10.1 Å². The second-order valence-corrected chi connectivity index (χ2v) is 5.94. The van der Waals surface area contributed by atoms with Crippen molar-refractivity contribution in [3.8, 4) is 5.75 Å². The van der Waals surface area contributed by atoms with E-state index in [4.69, 9.17) is 4.74 Å². The van der Waals surface area contributed by atoms with Crippen molar-refractivity contribution in [1.29, 1.82) is 0 Å². The Bertz CT molecular complexity index is 425. The van der Waals surface area contributed by atoms with E-state index in [-0.39, 0.29) is 0 Å². The molecule has 0 saturated heterocycles. The molecule has 0 spiro atoms. The Morgan fingerprint density at radius 1 is 1.26 bits per heavy atom. The number of methoxy groups -OCH3 is 1. The molecule has 0 heterocycles. The number of benzene rings is 1. The van der Waals surface area contributed by atoms with Gasteiger partial charge in [0.2, 0.25) is 0 Å². The number of aliphatic hydroxyl groups is 1. The fourth-order valence-corrected chi connectivity index (χ4v) is 2.29. The van der Waals surface area contributed by atoms with Crippen LogP contribution in [0.2, 0.25) is 0 Å². The Morgan fingerprint density at radius 3 is 2.42 bits per heavy atom. The first-order valence-corrected chi connectivity index (χ1v) is 6.86. The molecule has 0 aliphatic rings. The highest BCUT2D eigenvalue weighted by atomic mass is 16.5. The standard InChI is InChI=1S/C16H27NO2/c1-11(2)9-17-10-16(5,18)14-7-13(4)15(19-6)8-12(14)3/h7-8,11,17-18H,9-10H2,1-6H3. The van der Waals surface area contributed by atoms with Crippen molar-refractivity contribution in [1.82, 2.24) is 5.32 Å². The highest BCUT2D eigenvalue weighted by Crippen LogP contribution is 2.29. The lowest BCUT2D eigenvalue weighted by atomic mass is 9.90. The summed E-state index contributed by atoms with van der Waals surface area (Å²) in [6, 6.07) is 4.01. The molecule has 0 aliphatic heterocycles. The molecular formula is C16H27NO2. The molecule has 0 amide bonds. The molecule has 1 unspecified atom stereocenters. The van der Waals surface area contributed by atoms with Crippen molar-refractivity contribution >= 4 is 0 Å². The van der Waals surface area contributed by atoms with E-state index < -0.39 is 5.60 Å². The topological polar surface area (TPSA) is 41.5 Å². The van der Waals surface area contributed by atoms with E-state index >= 15 is 0 Å². The van der Waals surface area contributed by atoms with Crippen LogP contribution in [0.25, 0.3) is 0 Å². The average Bonchev–Trinajstić information content (AvgIpc) is 2.30. The van der Waals surface area contributed by atoms with Crippen LogP contribution in [0.3, 0.4) is 0 Å². The minimum Gasteiger partial charge on any atom is -0.496 e. The zero-order valence-corrected chi connectivity index (χ0v) is 13.0. The SMILES string of the molecule is COc1cc(C)c(C(C)(O)CNCC(C)C)cc1C. The van der Waals surface area contributed by atoms with Gasteiger partial charge >= 0.3 is 0 Å². The predicted octanol–water partition coefficient (Wildman–Crippen LogP) is 2.77. The van der Waals surface area contributed by atoms with Crippen LogP contribution in [-0.2, 0) is 5.60 Å². The van der Waals surface area contributed by atoms with Gasteiger partial charge in [-0.15, -0.1) is 0 Å². The van der Waals surface area contributed by atoms with Gasteiger partial charge in [0.15, 0.2) is 0 Å². The third-order valence-corrected chi connectivity index (χ3v) is 3.34. The Balaban J connectivity index is 2.91. The maximum Gasteiger partial charge on any atom is 0.122 e. The molecule has 1 atom stereocenters. The predicted molar refractivity (Wildman–Crippen MR) is 79.7 cm³/mol. The molecule has 0 aromatic heterocycles. The van der Waals surface area contributed by atoms with Crippen LogP contribution >= 0.6 is 0 Å². The largest absolute Gasteiger partial charge is 0.496 e. The lowest BCUT2D eigenvalue weighted by Crippen LogP contribution is -2.37. The van der Waals surface area contributed by atoms with Crippen LogP contribution in [0.1, 0.15) is 37.5 Å². The van der Waals surface area contributed by atoms with E-state index in [0.717, 1.165) is 29.0 Å². The van der Waals surface area contributed by atoms with Gasteiger partial charge in [0.1, 0.15) is 5.75 Å². The third kappa shape index (κ3) is 4.22.